The highest BCUT2D eigenvalue weighted by molar-refractivity contribution is 5.95. The molecule has 6 nitrogen and oxygen atoms in total. The highest BCUT2D eigenvalue weighted by Gasteiger charge is 2.26. The molecule has 0 atom stereocenters. The average Bonchev–Trinajstić information content (AvgIpc) is 3.42. The monoisotopic (exact) mass is 396 g/mol. The first kappa shape index (κ1) is 20.1. The smallest absolute Gasteiger partial charge is 0.253 e. The highest BCUT2D eigenvalue weighted by Crippen LogP contribution is 2.28. The molecule has 1 aromatic carbocycles. The van der Waals surface area contributed by atoms with Gasteiger partial charge in [0.25, 0.3) is 5.91 Å². The topological polar surface area (TPSA) is 71.3 Å². The SMILES string of the molecule is CC(C)(C)Cc1nc(-c2cccc(C(=O)N3CCC(NCC4CC4)CC3)c2)no1. The lowest BCUT2D eigenvalue weighted by Gasteiger charge is -2.32. The van der Waals surface area contributed by atoms with E-state index in [0.717, 1.165) is 50.4 Å². The van der Waals surface area contributed by atoms with Crippen LogP contribution in [0.25, 0.3) is 11.4 Å². The van der Waals surface area contributed by atoms with Crippen molar-refractivity contribution in [1.29, 1.82) is 0 Å². The summed E-state index contributed by atoms with van der Waals surface area (Å²) < 4.78 is 5.40. The van der Waals surface area contributed by atoms with Gasteiger partial charge in [0.1, 0.15) is 0 Å². The van der Waals surface area contributed by atoms with Crippen molar-refractivity contribution in [3.05, 3.63) is 35.7 Å². The predicted molar refractivity (Wildman–Crippen MR) is 113 cm³/mol. The number of likely N-dealkylation sites (tertiary alicyclic amines) is 1. The van der Waals surface area contributed by atoms with Crippen LogP contribution in [0.5, 0.6) is 0 Å². The quantitative estimate of drug-likeness (QED) is 0.801. The van der Waals surface area contributed by atoms with E-state index in [0.29, 0.717) is 23.3 Å². The summed E-state index contributed by atoms with van der Waals surface area (Å²) in [5.41, 5.74) is 1.59. The molecule has 2 aliphatic rings. The molecule has 1 aliphatic carbocycles. The number of hydrogen-bond acceptors (Lipinski definition) is 5. The number of aromatic nitrogens is 2. The lowest BCUT2D eigenvalue weighted by Crippen LogP contribution is -2.45. The number of amides is 1. The second kappa shape index (κ2) is 8.27. The van der Waals surface area contributed by atoms with E-state index in [-0.39, 0.29) is 11.3 Å². The molecule has 0 bridgehead atoms. The molecule has 2 aromatic rings. The zero-order chi connectivity index (χ0) is 20.4. The Kier molecular flexibility index (Phi) is 5.72. The van der Waals surface area contributed by atoms with Gasteiger partial charge in [-0.2, -0.15) is 4.98 Å². The van der Waals surface area contributed by atoms with E-state index in [4.69, 9.17) is 4.52 Å². The molecule has 2 heterocycles. The van der Waals surface area contributed by atoms with Crippen molar-refractivity contribution in [3.63, 3.8) is 0 Å². The van der Waals surface area contributed by atoms with Gasteiger partial charge in [0, 0.05) is 36.7 Å². The van der Waals surface area contributed by atoms with Gasteiger partial charge in [-0.15, -0.1) is 0 Å². The van der Waals surface area contributed by atoms with Gasteiger partial charge in [-0.1, -0.05) is 38.1 Å². The van der Waals surface area contributed by atoms with Gasteiger partial charge >= 0.3 is 0 Å². The molecule has 156 valence electrons. The second-order valence-corrected chi connectivity index (χ2v) is 9.75. The third kappa shape index (κ3) is 5.44. The third-order valence-corrected chi connectivity index (χ3v) is 5.69. The van der Waals surface area contributed by atoms with Crippen LogP contribution < -0.4 is 5.32 Å². The van der Waals surface area contributed by atoms with Gasteiger partial charge in [0.2, 0.25) is 11.7 Å². The van der Waals surface area contributed by atoms with Crippen LogP contribution >= 0.6 is 0 Å². The summed E-state index contributed by atoms with van der Waals surface area (Å²) in [6.07, 6.45) is 5.53. The Morgan fingerprint density at radius 3 is 2.66 bits per heavy atom. The van der Waals surface area contributed by atoms with E-state index in [9.17, 15) is 4.79 Å². The van der Waals surface area contributed by atoms with Crippen LogP contribution in [0.2, 0.25) is 0 Å². The van der Waals surface area contributed by atoms with Crippen LogP contribution in [0.1, 0.15) is 62.7 Å². The molecule has 1 saturated carbocycles. The van der Waals surface area contributed by atoms with E-state index in [1.165, 1.54) is 12.8 Å². The van der Waals surface area contributed by atoms with Crippen LogP contribution in [0.3, 0.4) is 0 Å². The first-order valence-corrected chi connectivity index (χ1v) is 10.8. The number of carbonyl (C=O) groups excluding carboxylic acids is 1. The van der Waals surface area contributed by atoms with Crippen LogP contribution in [0.15, 0.2) is 28.8 Å². The molecule has 1 saturated heterocycles. The molecule has 1 amide bonds. The first-order chi connectivity index (χ1) is 13.9. The Balaban J connectivity index is 1.37. The van der Waals surface area contributed by atoms with Crippen molar-refractivity contribution in [2.75, 3.05) is 19.6 Å². The summed E-state index contributed by atoms with van der Waals surface area (Å²) in [7, 11) is 0. The molecule has 0 spiro atoms. The number of nitrogens with one attached hydrogen (secondary N) is 1. The highest BCUT2D eigenvalue weighted by atomic mass is 16.5. The number of benzene rings is 1. The van der Waals surface area contributed by atoms with Gasteiger partial charge in [0.05, 0.1) is 0 Å². The van der Waals surface area contributed by atoms with Crippen LogP contribution in [0, 0.1) is 11.3 Å². The molecular formula is C23H32N4O2. The minimum Gasteiger partial charge on any atom is -0.339 e. The van der Waals surface area contributed by atoms with E-state index in [1.807, 2.05) is 29.2 Å². The second-order valence-electron chi connectivity index (χ2n) is 9.75. The Bertz CT molecular complexity index is 843. The van der Waals surface area contributed by atoms with E-state index in [2.05, 4.69) is 36.2 Å². The van der Waals surface area contributed by atoms with E-state index in [1.54, 1.807) is 0 Å². The summed E-state index contributed by atoms with van der Waals surface area (Å²) in [4.78, 5) is 19.5. The van der Waals surface area contributed by atoms with Gasteiger partial charge in [-0.05, 0) is 55.7 Å². The lowest BCUT2D eigenvalue weighted by molar-refractivity contribution is 0.0705. The minimum absolute atomic E-state index is 0.0846. The minimum atomic E-state index is 0.0846. The summed E-state index contributed by atoms with van der Waals surface area (Å²) in [5.74, 6) is 2.16. The fraction of sp³-hybridized carbons (Fsp3) is 0.609. The molecular weight excluding hydrogens is 364 g/mol. The van der Waals surface area contributed by atoms with Crippen molar-refractivity contribution >= 4 is 5.91 Å². The molecule has 1 N–H and O–H groups in total. The lowest BCUT2D eigenvalue weighted by atomic mass is 9.92. The van der Waals surface area contributed by atoms with E-state index < -0.39 is 0 Å². The molecule has 0 unspecified atom stereocenters. The van der Waals surface area contributed by atoms with Crippen molar-refractivity contribution < 1.29 is 9.32 Å². The van der Waals surface area contributed by atoms with Crippen molar-refractivity contribution in [2.45, 2.75) is 58.9 Å². The van der Waals surface area contributed by atoms with Gasteiger partial charge in [-0.25, -0.2) is 0 Å². The fourth-order valence-corrected chi connectivity index (χ4v) is 3.81. The number of rotatable bonds is 6. The summed E-state index contributed by atoms with van der Waals surface area (Å²) >= 11 is 0. The first-order valence-electron chi connectivity index (χ1n) is 10.8. The Morgan fingerprint density at radius 2 is 1.97 bits per heavy atom. The summed E-state index contributed by atoms with van der Waals surface area (Å²) in [6.45, 7) is 9.18. The molecule has 29 heavy (non-hydrogen) atoms. The molecule has 1 aromatic heterocycles. The van der Waals surface area contributed by atoms with Crippen LogP contribution in [-0.4, -0.2) is 46.6 Å². The number of piperidine rings is 1. The van der Waals surface area contributed by atoms with Gasteiger partial charge in [0.15, 0.2) is 0 Å². The molecule has 1 aliphatic heterocycles. The predicted octanol–water partition coefficient (Wildman–Crippen LogP) is 3.93. The fourth-order valence-electron chi connectivity index (χ4n) is 3.81. The normalized spacial score (nSPS) is 18.2. The Morgan fingerprint density at radius 1 is 1.21 bits per heavy atom. The maximum atomic E-state index is 13.0. The van der Waals surface area contributed by atoms with Crippen LogP contribution in [-0.2, 0) is 6.42 Å². The zero-order valence-electron chi connectivity index (χ0n) is 17.8. The van der Waals surface area contributed by atoms with Gasteiger partial charge < -0.3 is 14.7 Å². The number of hydrogen-bond donors (Lipinski definition) is 1. The largest absolute Gasteiger partial charge is 0.339 e. The van der Waals surface area contributed by atoms with Crippen molar-refractivity contribution in [3.8, 4) is 11.4 Å². The molecule has 2 fully saturated rings. The third-order valence-electron chi connectivity index (χ3n) is 5.69. The molecule has 6 heteroatoms. The number of carbonyl (C=O) groups is 1. The Labute approximate surface area is 173 Å². The maximum absolute atomic E-state index is 13.0. The maximum Gasteiger partial charge on any atom is 0.253 e. The van der Waals surface area contributed by atoms with E-state index >= 15 is 0 Å². The Hall–Kier alpha value is -2.21. The van der Waals surface area contributed by atoms with Crippen molar-refractivity contribution in [2.24, 2.45) is 11.3 Å². The molecule has 4 rings (SSSR count). The zero-order valence-corrected chi connectivity index (χ0v) is 17.8. The van der Waals surface area contributed by atoms with Crippen molar-refractivity contribution in [1.82, 2.24) is 20.4 Å². The van der Waals surface area contributed by atoms with Gasteiger partial charge in [-0.3, -0.25) is 4.79 Å². The average molecular weight is 397 g/mol. The molecule has 0 radical (unpaired) electrons. The summed E-state index contributed by atoms with van der Waals surface area (Å²) in [6, 6.07) is 8.12. The number of nitrogens with zero attached hydrogens (tertiary/aromatic N) is 3. The van der Waals surface area contributed by atoms with Crippen LogP contribution in [0.4, 0.5) is 0 Å². The standard InChI is InChI=1S/C23H32N4O2/c1-23(2,3)14-20-25-21(26-29-20)17-5-4-6-18(13-17)22(28)27-11-9-19(10-12-27)24-15-16-7-8-16/h4-6,13,16,19,24H,7-12,14-15H2,1-3H3. The summed E-state index contributed by atoms with van der Waals surface area (Å²) in [5, 5.41) is 7.78.